The Hall–Kier alpha value is -2.93. The maximum absolute atomic E-state index is 13.3. The number of likely N-dealkylation sites (tertiary alicyclic amines) is 1. The molecule has 0 unspecified atom stereocenters. The highest BCUT2D eigenvalue weighted by atomic mass is 16.3. The zero-order valence-electron chi connectivity index (χ0n) is 16.6. The van der Waals surface area contributed by atoms with Gasteiger partial charge in [-0.25, -0.2) is 0 Å². The standard InChI is InChI=1S/C23H25N3O4/c27-13-17-16-12-25-18(7-4-8-19(25)28)20(16)26(23(30)15-9-10-15)21(17)22(29)24-11-14-5-2-1-3-6-14/h1-8,15-17,20-21,27H,9-13H2,(H,24,29)/t16-,17-,20+,21-/m0/s1. The number of carbonyl (C=O) groups excluding carboxylic acids is 2. The number of nitrogens with zero attached hydrogens (tertiary/aromatic N) is 2. The topological polar surface area (TPSA) is 91.6 Å². The van der Waals surface area contributed by atoms with Crippen LogP contribution >= 0.6 is 0 Å². The van der Waals surface area contributed by atoms with Crippen molar-refractivity contribution in [2.75, 3.05) is 6.61 Å². The van der Waals surface area contributed by atoms with Gasteiger partial charge in [0, 0.05) is 49.2 Å². The molecule has 2 aliphatic heterocycles. The van der Waals surface area contributed by atoms with E-state index in [9.17, 15) is 19.5 Å². The number of hydrogen-bond donors (Lipinski definition) is 2. The normalized spacial score (nSPS) is 26.9. The fraction of sp³-hybridized carbons (Fsp3) is 0.435. The smallest absolute Gasteiger partial charge is 0.250 e. The maximum atomic E-state index is 13.3. The molecule has 7 heteroatoms. The lowest BCUT2D eigenvalue weighted by atomic mass is 9.88. The van der Waals surface area contributed by atoms with Gasteiger partial charge in [0.1, 0.15) is 6.04 Å². The van der Waals surface area contributed by atoms with Crippen LogP contribution in [0.2, 0.25) is 0 Å². The van der Waals surface area contributed by atoms with Crippen molar-refractivity contribution in [1.29, 1.82) is 0 Å². The average molecular weight is 407 g/mol. The van der Waals surface area contributed by atoms with E-state index >= 15 is 0 Å². The van der Waals surface area contributed by atoms with Crippen molar-refractivity contribution in [2.45, 2.75) is 38.0 Å². The summed E-state index contributed by atoms with van der Waals surface area (Å²) in [5.41, 5.74) is 1.63. The van der Waals surface area contributed by atoms with Crippen LogP contribution in [0.3, 0.4) is 0 Å². The Bertz CT molecular complexity index is 1030. The number of aromatic nitrogens is 1. The molecule has 2 amide bonds. The van der Waals surface area contributed by atoms with Crippen LogP contribution in [-0.2, 0) is 22.7 Å². The molecule has 1 saturated carbocycles. The molecule has 0 spiro atoms. The molecule has 3 aliphatic rings. The van der Waals surface area contributed by atoms with E-state index in [2.05, 4.69) is 5.32 Å². The van der Waals surface area contributed by atoms with Crippen molar-refractivity contribution >= 4 is 11.8 Å². The summed E-state index contributed by atoms with van der Waals surface area (Å²) in [5.74, 6) is -0.901. The first-order chi connectivity index (χ1) is 14.6. The van der Waals surface area contributed by atoms with Crippen molar-refractivity contribution in [3.8, 4) is 0 Å². The Balaban J connectivity index is 1.48. The first-order valence-corrected chi connectivity index (χ1v) is 10.5. The highest BCUT2D eigenvalue weighted by Gasteiger charge is 2.58. The van der Waals surface area contributed by atoms with Gasteiger partial charge in [0.05, 0.1) is 6.04 Å². The molecular weight excluding hydrogens is 382 g/mol. The third-order valence-electron chi connectivity index (χ3n) is 6.71. The maximum Gasteiger partial charge on any atom is 0.250 e. The summed E-state index contributed by atoms with van der Waals surface area (Å²) in [6.45, 7) is 0.578. The van der Waals surface area contributed by atoms with Crippen LogP contribution in [0.4, 0.5) is 0 Å². The zero-order chi connectivity index (χ0) is 20.8. The molecule has 2 N–H and O–H groups in total. The molecule has 2 fully saturated rings. The lowest BCUT2D eigenvalue weighted by Gasteiger charge is -2.31. The second-order valence-electron chi connectivity index (χ2n) is 8.52. The van der Waals surface area contributed by atoms with E-state index in [1.54, 1.807) is 15.5 Å². The molecule has 4 atom stereocenters. The van der Waals surface area contributed by atoms with E-state index < -0.39 is 12.0 Å². The summed E-state index contributed by atoms with van der Waals surface area (Å²) in [7, 11) is 0. The molecule has 2 aromatic rings. The van der Waals surface area contributed by atoms with Gasteiger partial charge in [-0.15, -0.1) is 0 Å². The van der Waals surface area contributed by atoms with Gasteiger partial charge in [-0.05, 0) is 24.5 Å². The molecule has 156 valence electrons. The van der Waals surface area contributed by atoms with Gasteiger partial charge >= 0.3 is 0 Å². The predicted octanol–water partition coefficient (Wildman–Crippen LogP) is 1.06. The number of nitrogens with one attached hydrogen (secondary N) is 1. The van der Waals surface area contributed by atoms with E-state index in [1.807, 2.05) is 36.4 Å². The number of carbonyl (C=O) groups is 2. The van der Waals surface area contributed by atoms with Gasteiger partial charge < -0.3 is 19.9 Å². The molecule has 1 aliphatic carbocycles. The number of pyridine rings is 1. The second-order valence-corrected chi connectivity index (χ2v) is 8.52. The van der Waals surface area contributed by atoms with Crippen molar-refractivity contribution in [2.24, 2.45) is 17.8 Å². The highest BCUT2D eigenvalue weighted by molar-refractivity contribution is 5.91. The van der Waals surface area contributed by atoms with Crippen LogP contribution in [-0.4, -0.2) is 39.0 Å². The third-order valence-corrected chi connectivity index (χ3v) is 6.71. The van der Waals surface area contributed by atoms with Gasteiger partial charge in [0.25, 0.3) is 5.56 Å². The van der Waals surface area contributed by atoms with E-state index in [0.29, 0.717) is 13.1 Å². The second kappa shape index (κ2) is 7.40. The predicted molar refractivity (Wildman–Crippen MR) is 109 cm³/mol. The number of benzene rings is 1. The summed E-state index contributed by atoms with van der Waals surface area (Å²) in [5, 5.41) is 13.2. The van der Waals surface area contributed by atoms with Gasteiger partial charge in [0.15, 0.2) is 0 Å². The third kappa shape index (κ3) is 3.04. The Labute approximate surface area is 174 Å². The van der Waals surface area contributed by atoms with E-state index in [1.165, 1.54) is 6.07 Å². The molecule has 5 rings (SSSR count). The van der Waals surface area contributed by atoms with Crippen molar-refractivity contribution in [3.63, 3.8) is 0 Å². The Kier molecular flexibility index (Phi) is 4.70. The lowest BCUT2D eigenvalue weighted by molar-refractivity contribution is -0.142. The summed E-state index contributed by atoms with van der Waals surface area (Å²) in [6, 6.07) is 13.6. The SMILES string of the molecule is O=C(NCc1ccccc1)[C@@H]1[C@@H](CO)[C@@H]2Cn3c(cccc3=O)[C@@H]2N1C(=O)C1CC1. The molecule has 0 bridgehead atoms. The Morgan fingerprint density at radius 3 is 2.53 bits per heavy atom. The number of aliphatic hydroxyl groups is 1. The lowest BCUT2D eigenvalue weighted by Crippen LogP contribution is -2.50. The van der Waals surface area contributed by atoms with Crippen LogP contribution in [0.1, 0.15) is 30.1 Å². The van der Waals surface area contributed by atoms with Gasteiger partial charge in [0.2, 0.25) is 11.8 Å². The quantitative estimate of drug-likeness (QED) is 0.776. The fourth-order valence-electron chi connectivity index (χ4n) is 5.11. The summed E-state index contributed by atoms with van der Waals surface area (Å²) >= 11 is 0. The van der Waals surface area contributed by atoms with E-state index in [-0.39, 0.29) is 41.9 Å². The van der Waals surface area contributed by atoms with Crippen molar-refractivity contribution in [1.82, 2.24) is 14.8 Å². The largest absolute Gasteiger partial charge is 0.396 e. The number of amides is 2. The monoisotopic (exact) mass is 407 g/mol. The average Bonchev–Trinajstić information content (AvgIpc) is 3.47. The Morgan fingerprint density at radius 1 is 1.07 bits per heavy atom. The highest BCUT2D eigenvalue weighted by Crippen LogP contribution is 2.51. The molecule has 1 aromatic heterocycles. The fourth-order valence-corrected chi connectivity index (χ4v) is 5.11. The molecule has 1 saturated heterocycles. The number of hydrogen-bond acceptors (Lipinski definition) is 4. The molecule has 0 radical (unpaired) electrons. The molecule has 7 nitrogen and oxygen atoms in total. The van der Waals surface area contributed by atoms with Gasteiger partial charge in [-0.2, -0.15) is 0 Å². The number of aliphatic hydroxyl groups excluding tert-OH is 1. The summed E-state index contributed by atoms with van der Waals surface area (Å²) in [6.07, 6.45) is 1.66. The molecular formula is C23H25N3O4. The van der Waals surface area contributed by atoms with Crippen molar-refractivity contribution < 1.29 is 14.7 Å². The van der Waals surface area contributed by atoms with Gasteiger partial charge in [-0.1, -0.05) is 36.4 Å². The van der Waals surface area contributed by atoms with Crippen LogP contribution in [0.5, 0.6) is 0 Å². The summed E-state index contributed by atoms with van der Waals surface area (Å²) in [4.78, 5) is 40.6. The minimum Gasteiger partial charge on any atom is -0.396 e. The van der Waals surface area contributed by atoms with Gasteiger partial charge in [-0.3, -0.25) is 14.4 Å². The minimum absolute atomic E-state index is 0.0365. The first kappa shape index (κ1) is 19.1. The Morgan fingerprint density at radius 2 is 1.83 bits per heavy atom. The van der Waals surface area contributed by atoms with Crippen LogP contribution in [0.15, 0.2) is 53.3 Å². The van der Waals surface area contributed by atoms with Crippen LogP contribution < -0.4 is 10.9 Å². The number of fused-ring (bicyclic) bond motifs is 3. The van der Waals surface area contributed by atoms with E-state index in [4.69, 9.17) is 0 Å². The molecule has 3 heterocycles. The first-order valence-electron chi connectivity index (χ1n) is 10.5. The van der Waals surface area contributed by atoms with Crippen molar-refractivity contribution in [3.05, 3.63) is 70.1 Å². The molecule has 30 heavy (non-hydrogen) atoms. The number of rotatable bonds is 5. The van der Waals surface area contributed by atoms with Crippen LogP contribution in [0, 0.1) is 17.8 Å². The van der Waals surface area contributed by atoms with Crippen LogP contribution in [0.25, 0.3) is 0 Å². The minimum atomic E-state index is -0.731. The molecule has 1 aromatic carbocycles. The van der Waals surface area contributed by atoms with E-state index in [0.717, 1.165) is 24.1 Å². The zero-order valence-corrected chi connectivity index (χ0v) is 16.6. The summed E-state index contributed by atoms with van der Waals surface area (Å²) < 4.78 is 1.68.